The third-order valence-electron chi connectivity index (χ3n) is 2.54. The zero-order valence-corrected chi connectivity index (χ0v) is 10.2. The lowest BCUT2D eigenvalue weighted by atomic mass is 10.1. The van der Waals surface area contributed by atoms with Crippen LogP contribution in [0.3, 0.4) is 0 Å². The summed E-state index contributed by atoms with van der Waals surface area (Å²) >= 11 is 0. The van der Waals surface area contributed by atoms with Crippen LogP contribution in [-0.4, -0.2) is 20.2 Å². The van der Waals surface area contributed by atoms with Crippen LogP contribution >= 0.6 is 0 Å². The maximum Gasteiger partial charge on any atom is 0.160 e. The van der Waals surface area contributed by atoms with Gasteiger partial charge in [-0.2, -0.15) is 0 Å². The summed E-state index contributed by atoms with van der Waals surface area (Å²) in [5.74, 6) is 0.410. The number of unbranched alkanes of at least 4 members (excludes halogenated alkanes) is 1. The molecule has 0 saturated heterocycles. The number of aryl methyl sites for hydroxylation is 1. The van der Waals surface area contributed by atoms with Crippen LogP contribution in [0.5, 0.6) is 11.5 Å². The molecule has 0 atom stereocenters. The number of carbonyl (C=O) groups is 1. The molecule has 0 heterocycles. The van der Waals surface area contributed by atoms with Crippen LogP contribution in [0.25, 0.3) is 0 Å². The highest BCUT2D eigenvalue weighted by molar-refractivity contribution is 5.64. The van der Waals surface area contributed by atoms with Crippen LogP contribution < -0.4 is 14.6 Å². The summed E-state index contributed by atoms with van der Waals surface area (Å²) in [6, 6.07) is 5.73. The van der Waals surface area contributed by atoms with Crippen molar-refractivity contribution < 1.29 is 19.4 Å². The first-order chi connectivity index (χ1) is 8.17. The number of carboxylic acids is 1. The normalized spacial score (nSPS) is 10.0. The van der Waals surface area contributed by atoms with Crippen LogP contribution in [0.1, 0.15) is 24.8 Å². The first-order valence-corrected chi connectivity index (χ1v) is 5.58. The third-order valence-corrected chi connectivity index (χ3v) is 2.54. The Balaban J connectivity index is 2.51. The Morgan fingerprint density at radius 2 is 1.88 bits per heavy atom. The molecule has 0 aliphatic carbocycles. The summed E-state index contributed by atoms with van der Waals surface area (Å²) in [7, 11) is 3.19. The van der Waals surface area contributed by atoms with Gasteiger partial charge in [-0.25, -0.2) is 0 Å². The molecule has 0 aliphatic heterocycles. The molecule has 0 radical (unpaired) electrons. The Kier molecular flexibility index (Phi) is 5.33. The zero-order valence-electron chi connectivity index (χ0n) is 10.2. The standard InChI is InChI=1S/C13H18O4/c1-16-11-8-7-10(9-12(11)17-2)5-3-4-6-13(14)15/h7-9H,3-6H2,1-2H3,(H,14,15)/p-1. The molecular formula is C13H17O4-. The molecule has 0 aromatic heterocycles. The molecule has 0 fully saturated rings. The van der Waals surface area contributed by atoms with Crippen molar-refractivity contribution in [3.8, 4) is 11.5 Å². The minimum absolute atomic E-state index is 0.118. The van der Waals surface area contributed by atoms with Gasteiger partial charge in [-0.15, -0.1) is 0 Å². The molecule has 0 aliphatic rings. The second-order valence-corrected chi connectivity index (χ2v) is 3.77. The second kappa shape index (κ2) is 6.78. The molecule has 4 heteroatoms. The Bertz CT molecular complexity index is 374. The van der Waals surface area contributed by atoms with Gasteiger partial charge in [0.25, 0.3) is 0 Å². The van der Waals surface area contributed by atoms with E-state index in [-0.39, 0.29) is 6.42 Å². The Labute approximate surface area is 101 Å². The Hall–Kier alpha value is -1.71. The number of ether oxygens (including phenoxy) is 2. The van der Waals surface area contributed by atoms with Crippen LogP contribution in [0, 0.1) is 0 Å². The first-order valence-electron chi connectivity index (χ1n) is 5.58. The smallest absolute Gasteiger partial charge is 0.160 e. The molecule has 1 rings (SSSR count). The SMILES string of the molecule is COc1ccc(CCCCC(=O)[O-])cc1OC. The lowest BCUT2D eigenvalue weighted by molar-refractivity contribution is -0.305. The second-order valence-electron chi connectivity index (χ2n) is 3.77. The van der Waals surface area contributed by atoms with E-state index in [1.807, 2.05) is 18.2 Å². The van der Waals surface area contributed by atoms with Gasteiger partial charge in [-0.1, -0.05) is 6.07 Å². The molecule has 1 aromatic rings. The zero-order chi connectivity index (χ0) is 12.7. The van der Waals surface area contributed by atoms with Gasteiger partial charge in [-0.3, -0.25) is 0 Å². The van der Waals surface area contributed by atoms with Crippen molar-refractivity contribution in [3.05, 3.63) is 23.8 Å². The van der Waals surface area contributed by atoms with E-state index in [1.54, 1.807) is 14.2 Å². The van der Waals surface area contributed by atoms with Crippen LogP contribution in [0.15, 0.2) is 18.2 Å². The van der Waals surface area contributed by atoms with Crippen LogP contribution in [0.2, 0.25) is 0 Å². The molecule has 0 saturated carbocycles. The molecule has 0 amide bonds. The Morgan fingerprint density at radius 3 is 2.47 bits per heavy atom. The number of aliphatic carboxylic acids is 1. The van der Waals surface area contributed by atoms with E-state index in [0.717, 1.165) is 18.4 Å². The molecule has 0 N–H and O–H groups in total. The number of benzene rings is 1. The number of hydrogen-bond donors (Lipinski definition) is 0. The largest absolute Gasteiger partial charge is 0.550 e. The lowest BCUT2D eigenvalue weighted by Crippen LogP contribution is -2.21. The van der Waals surface area contributed by atoms with E-state index in [4.69, 9.17) is 9.47 Å². The highest BCUT2D eigenvalue weighted by Gasteiger charge is 2.04. The van der Waals surface area contributed by atoms with E-state index in [0.29, 0.717) is 17.9 Å². The molecule has 17 heavy (non-hydrogen) atoms. The van der Waals surface area contributed by atoms with E-state index < -0.39 is 5.97 Å². The average molecular weight is 237 g/mol. The van der Waals surface area contributed by atoms with E-state index >= 15 is 0 Å². The Morgan fingerprint density at radius 1 is 1.18 bits per heavy atom. The van der Waals surface area contributed by atoms with Crippen molar-refractivity contribution >= 4 is 5.97 Å². The summed E-state index contributed by atoms with van der Waals surface area (Å²) in [6.45, 7) is 0. The van der Waals surface area contributed by atoms with E-state index in [9.17, 15) is 9.90 Å². The van der Waals surface area contributed by atoms with Crippen molar-refractivity contribution in [2.45, 2.75) is 25.7 Å². The summed E-state index contributed by atoms with van der Waals surface area (Å²) in [6.07, 6.45) is 2.40. The minimum atomic E-state index is -0.989. The fourth-order valence-corrected chi connectivity index (χ4v) is 1.63. The highest BCUT2D eigenvalue weighted by atomic mass is 16.5. The lowest BCUT2D eigenvalue weighted by Gasteiger charge is -2.09. The first kappa shape index (κ1) is 13.4. The van der Waals surface area contributed by atoms with Gasteiger partial charge >= 0.3 is 0 Å². The van der Waals surface area contributed by atoms with Crippen molar-refractivity contribution in [2.24, 2.45) is 0 Å². The number of carbonyl (C=O) groups excluding carboxylic acids is 1. The molecular weight excluding hydrogens is 220 g/mol. The van der Waals surface area contributed by atoms with Crippen molar-refractivity contribution in [2.75, 3.05) is 14.2 Å². The number of methoxy groups -OCH3 is 2. The molecule has 0 bridgehead atoms. The monoisotopic (exact) mass is 237 g/mol. The van der Waals surface area contributed by atoms with Gasteiger partial charge in [0.2, 0.25) is 0 Å². The molecule has 0 unspecified atom stereocenters. The van der Waals surface area contributed by atoms with E-state index in [1.165, 1.54) is 0 Å². The van der Waals surface area contributed by atoms with Crippen LogP contribution in [-0.2, 0) is 11.2 Å². The summed E-state index contributed by atoms with van der Waals surface area (Å²) in [4.78, 5) is 10.2. The number of carboxylic acid groups (broad SMARTS) is 1. The van der Waals surface area contributed by atoms with E-state index in [2.05, 4.69) is 0 Å². The van der Waals surface area contributed by atoms with Crippen molar-refractivity contribution in [3.63, 3.8) is 0 Å². The average Bonchev–Trinajstić information content (AvgIpc) is 2.34. The maximum absolute atomic E-state index is 10.2. The topological polar surface area (TPSA) is 58.6 Å². The molecule has 4 nitrogen and oxygen atoms in total. The number of hydrogen-bond acceptors (Lipinski definition) is 4. The summed E-state index contributed by atoms with van der Waals surface area (Å²) < 4.78 is 10.3. The fraction of sp³-hybridized carbons (Fsp3) is 0.462. The highest BCUT2D eigenvalue weighted by Crippen LogP contribution is 2.28. The van der Waals surface area contributed by atoms with Gasteiger partial charge in [-0.05, 0) is 43.4 Å². The molecule has 1 aromatic carbocycles. The summed E-state index contributed by atoms with van der Waals surface area (Å²) in [5.41, 5.74) is 1.11. The van der Waals surface area contributed by atoms with Gasteiger partial charge in [0.1, 0.15) is 0 Å². The van der Waals surface area contributed by atoms with Gasteiger partial charge in [0, 0.05) is 5.97 Å². The van der Waals surface area contributed by atoms with Crippen molar-refractivity contribution in [1.82, 2.24) is 0 Å². The molecule has 0 spiro atoms. The maximum atomic E-state index is 10.2. The minimum Gasteiger partial charge on any atom is -0.550 e. The van der Waals surface area contributed by atoms with Crippen molar-refractivity contribution in [1.29, 1.82) is 0 Å². The quantitative estimate of drug-likeness (QED) is 0.668. The molecule has 94 valence electrons. The fourth-order valence-electron chi connectivity index (χ4n) is 1.63. The predicted molar refractivity (Wildman–Crippen MR) is 62.1 cm³/mol. The number of rotatable bonds is 7. The van der Waals surface area contributed by atoms with Gasteiger partial charge < -0.3 is 19.4 Å². The summed E-state index contributed by atoms with van der Waals surface area (Å²) in [5, 5.41) is 10.2. The van der Waals surface area contributed by atoms with Crippen LogP contribution in [0.4, 0.5) is 0 Å². The van der Waals surface area contributed by atoms with Gasteiger partial charge in [0.05, 0.1) is 14.2 Å². The predicted octanol–water partition coefficient (Wildman–Crippen LogP) is 1.17. The van der Waals surface area contributed by atoms with Gasteiger partial charge in [0.15, 0.2) is 11.5 Å². The third kappa shape index (κ3) is 4.34.